The molecule has 3 heteroatoms. The van der Waals surface area contributed by atoms with Crippen LogP contribution in [0.2, 0.25) is 0 Å². The molecule has 0 fully saturated rings. The molecule has 10 heavy (non-hydrogen) atoms. The third-order valence-electron chi connectivity index (χ3n) is 1.35. The highest BCUT2D eigenvalue weighted by molar-refractivity contribution is 7.98. The van der Waals surface area contributed by atoms with Gasteiger partial charge in [-0.05, 0) is 12.3 Å². The monoisotopic (exact) mass is 155 g/mol. The van der Waals surface area contributed by atoms with Crippen LogP contribution in [0, 0.1) is 0 Å². The van der Waals surface area contributed by atoms with Crippen LogP contribution in [0.15, 0.2) is 28.0 Å². The van der Waals surface area contributed by atoms with Gasteiger partial charge in [-0.2, -0.15) is 0 Å². The maximum Gasteiger partial charge on any atom is 0.251 e. The van der Waals surface area contributed by atoms with E-state index < -0.39 is 0 Å². The van der Waals surface area contributed by atoms with E-state index >= 15 is 0 Å². The molecule has 1 heterocycles. The third-order valence-corrected chi connectivity index (χ3v) is 2.18. The van der Waals surface area contributed by atoms with E-state index in [4.69, 9.17) is 0 Å². The molecular formula is C7H9NOS. The number of nitrogens with zero attached hydrogens (tertiary/aromatic N) is 1. The van der Waals surface area contributed by atoms with Gasteiger partial charge in [-0.3, -0.25) is 4.79 Å². The number of aromatic nitrogens is 1. The maximum absolute atomic E-state index is 10.9. The minimum atomic E-state index is 0.0480. The Morgan fingerprint density at radius 3 is 2.70 bits per heavy atom. The maximum atomic E-state index is 10.9. The molecule has 2 nitrogen and oxygen atoms in total. The highest BCUT2D eigenvalue weighted by Crippen LogP contribution is 2.09. The summed E-state index contributed by atoms with van der Waals surface area (Å²) in [5, 5.41) is 0.993. The minimum absolute atomic E-state index is 0.0480. The Balaban J connectivity index is 3.28. The molecule has 1 aromatic heterocycles. The third kappa shape index (κ3) is 1.24. The van der Waals surface area contributed by atoms with Crippen molar-refractivity contribution >= 4 is 11.8 Å². The zero-order valence-corrected chi connectivity index (χ0v) is 6.81. The lowest BCUT2D eigenvalue weighted by molar-refractivity contribution is 0.766. The average Bonchev–Trinajstić information content (AvgIpc) is 1.95. The van der Waals surface area contributed by atoms with Crippen molar-refractivity contribution in [2.24, 2.45) is 7.05 Å². The first kappa shape index (κ1) is 7.41. The fraction of sp³-hybridized carbons (Fsp3) is 0.286. The molecule has 1 rings (SSSR count). The molecule has 0 amide bonds. The molecule has 0 aliphatic carbocycles. The van der Waals surface area contributed by atoms with Crippen LogP contribution in [0.3, 0.4) is 0 Å². The lowest BCUT2D eigenvalue weighted by atomic mass is 10.5. The molecule has 0 unspecified atom stereocenters. The average molecular weight is 155 g/mol. The Morgan fingerprint density at radius 1 is 1.50 bits per heavy atom. The molecule has 0 bridgehead atoms. The van der Waals surface area contributed by atoms with Gasteiger partial charge >= 0.3 is 0 Å². The van der Waals surface area contributed by atoms with Crippen LogP contribution in [0.1, 0.15) is 0 Å². The van der Waals surface area contributed by atoms with Gasteiger partial charge < -0.3 is 4.57 Å². The van der Waals surface area contributed by atoms with Crippen LogP contribution in [-0.2, 0) is 7.05 Å². The summed E-state index contributed by atoms with van der Waals surface area (Å²) in [5.74, 6) is 0. The molecule has 0 saturated heterocycles. The SMILES string of the molecule is CSc1cccc(=O)n1C. The van der Waals surface area contributed by atoms with Crippen molar-refractivity contribution in [3.8, 4) is 0 Å². The van der Waals surface area contributed by atoms with Gasteiger partial charge in [-0.1, -0.05) is 6.07 Å². The van der Waals surface area contributed by atoms with E-state index in [9.17, 15) is 4.79 Å². The fourth-order valence-corrected chi connectivity index (χ4v) is 1.33. The molecule has 0 aliphatic heterocycles. The minimum Gasteiger partial charge on any atom is -0.306 e. The van der Waals surface area contributed by atoms with E-state index in [1.807, 2.05) is 12.3 Å². The first-order chi connectivity index (χ1) is 4.75. The van der Waals surface area contributed by atoms with Crippen molar-refractivity contribution in [1.29, 1.82) is 0 Å². The smallest absolute Gasteiger partial charge is 0.251 e. The summed E-state index contributed by atoms with van der Waals surface area (Å²) < 4.78 is 1.63. The lowest BCUT2D eigenvalue weighted by Gasteiger charge is -2.01. The number of rotatable bonds is 1. The van der Waals surface area contributed by atoms with Gasteiger partial charge in [-0.15, -0.1) is 11.8 Å². The van der Waals surface area contributed by atoms with Crippen LogP contribution in [0.25, 0.3) is 0 Å². The first-order valence-electron chi connectivity index (χ1n) is 2.95. The first-order valence-corrected chi connectivity index (χ1v) is 4.18. The topological polar surface area (TPSA) is 22.0 Å². The van der Waals surface area contributed by atoms with Gasteiger partial charge in [0.15, 0.2) is 0 Å². The van der Waals surface area contributed by atoms with Gasteiger partial charge in [-0.25, -0.2) is 0 Å². The van der Waals surface area contributed by atoms with Crippen molar-refractivity contribution in [2.45, 2.75) is 5.03 Å². The second kappa shape index (κ2) is 2.92. The van der Waals surface area contributed by atoms with E-state index in [-0.39, 0.29) is 5.56 Å². The summed E-state index contributed by atoms with van der Waals surface area (Å²) in [6.07, 6.45) is 1.95. The number of hydrogen-bond acceptors (Lipinski definition) is 2. The Labute approximate surface area is 63.9 Å². The number of thioether (sulfide) groups is 1. The van der Waals surface area contributed by atoms with Crippen molar-refractivity contribution in [3.63, 3.8) is 0 Å². The van der Waals surface area contributed by atoms with Gasteiger partial charge in [0, 0.05) is 13.1 Å². The van der Waals surface area contributed by atoms with Gasteiger partial charge in [0.2, 0.25) is 0 Å². The predicted octanol–water partition coefficient (Wildman–Crippen LogP) is 1.11. The highest BCUT2D eigenvalue weighted by atomic mass is 32.2. The molecule has 0 saturated carbocycles. The molecular weight excluding hydrogens is 146 g/mol. The predicted molar refractivity (Wildman–Crippen MR) is 43.5 cm³/mol. The van der Waals surface area contributed by atoms with Crippen LogP contribution < -0.4 is 5.56 Å². The van der Waals surface area contributed by atoms with E-state index in [0.29, 0.717) is 0 Å². The molecule has 0 spiro atoms. The Kier molecular flexibility index (Phi) is 2.17. The molecule has 0 N–H and O–H groups in total. The molecule has 0 radical (unpaired) electrons. The second-order valence-electron chi connectivity index (χ2n) is 1.97. The second-order valence-corrected chi connectivity index (χ2v) is 2.79. The largest absolute Gasteiger partial charge is 0.306 e. The summed E-state index contributed by atoms with van der Waals surface area (Å²) >= 11 is 1.57. The molecule has 1 aromatic rings. The number of pyridine rings is 1. The summed E-state index contributed by atoms with van der Waals surface area (Å²) in [5.41, 5.74) is 0.0480. The molecule has 0 aromatic carbocycles. The van der Waals surface area contributed by atoms with Gasteiger partial charge in [0.25, 0.3) is 5.56 Å². The van der Waals surface area contributed by atoms with Crippen molar-refractivity contribution in [3.05, 3.63) is 28.6 Å². The quantitative estimate of drug-likeness (QED) is 0.567. The lowest BCUT2D eigenvalue weighted by Crippen LogP contribution is -2.15. The fourth-order valence-electron chi connectivity index (χ4n) is 0.750. The normalized spacial score (nSPS) is 9.80. The van der Waals surface area contributed by atoms with E-state index in [0.717, 1.165) is 5.03 Å². The Morgan fingerprint density at radius 2 is 2.20 bits per heavy atom. The zero-order valence-electron chi connectivity index (χ0n) is 6.00. The van der Waals surface area contributed by atoms with Crippen LogP contribution in [-0.4, -0.2) is 10.8 Å². The van der Waals surface area contributed by atoms with E-state index in [2.05, 4.69) is 0 Å². The van der Waals surface area contributed by atoms with Crippen molar-refractivity contribution in [2.75, 3.05) is 6.26 Å². The van der Waals surface area contributed by atoms with Crippen molar-refractivity contribution < 1.29 is 0 Å². The summed E-state index contributed by atoms with van der Waals surface area (Å²) in [4.78, 5) is 10.9. The summed E-state index contributed by atoms with van der Waals surface area (Å²) in [6, 6.07) is 5.25. The Bertz CT molecular complexity index is 279. The molecule has 0 atom stereocenters. The zero-order chi connectivity index (χ0) is 7.56. The number of hydrogen-bond donors (Lipinski definition) is 0. The van der Waals surface area contributed by atoms with Gasteiger partial charge in [0.1, 0.15) is 0 Å². The van der Waals surface area contributed by atoms with E-state index in [1.54, 1.807) is 35.5 Å². The van der Waals surface area contributed by atoms with Crippen LogP contribution in [0.4, 0.5) is 0 Å². The van der Waals surface area contributed by atoms with Crippen LogP contribution >= 0.6 is 11.8 Å². The van der Waals surface area contributed by atoms with Crippen molar-refractivity contribution in [1.82, 2.24) is 4.57 Å². The summed E-state index contributed by atoms with van der Waals surface area (Å²) in [6.45, 7) is 0. The van der Waals surface area contributed by atoms with E-state index in [1.165, 1.54) is 0 Å². The van der Waals surface area contributed by atoms with Crippen LogP contribution in [0.5, 0.6) is 0 Å². The van der Waals surface area contributed by atoms with Gasteiger partial charge in [0.05, 0.1) is 5.03 Å². The standard InChI is InChI=1S/C7H9NOS/c1-8-6(9)4-3-5-7(8)10-2/h3-5H,1-2H3. The summed E-state index contributed by atoms with van der Waals surface area (Å²) in [7, 11) is 1.77. The highest BCUT2D eigenvalue weighted by Gasteiger charge is 1.93. The molecule has 54 valence electrons. The Hall–Kier alpha value is -0.700. The molecule has 0 aliphatic rings.